The third-order valence-electron chi connectivity index (χ3n) is 1.59. The normalized spacial score (nSPS) is 9.62. The first kappa shape index (κ1) is 10.1. The molecule has 0 spiro atoms. The zero-order valence-corrected chi connectivity index (χ0v) is 8.43. The molecule has 0 fully saturated rings. The van der Waals surface area contributed by atoms with Crippen LogP contribution in [0.5, 0.6) is 0 Å². The van der Waals surface area contributed by atoms with E-state index in [1.807, 2.05) is 37.3 Å². The van der Waals surface area contributed by atoms with E-state index in [0.717, 1.165) is 5.75 Å². The van der Waals surface area contributed by atoms with E-state index in [0.29, 0.717) is 6.42 Å². The van der Waals surface area contributed by atoms with Gasteiger partial charge in [0.25, 0.3) is 0 Å². The first-order valence-electron chi connectivity index (χ1n) is 4.27. The summed E-state index contributed by atoms with van der Waals surface area (Å²) in [6.45, 7) is 1.85. The van der Waals surface area contributed by atoms with Gasteiger partial charge in [-0.15, -0.1) is 0 Å². The van der Waals surface area contributed by atoms with Gasteiger partial charge in [0, 0.05) is 12.2 Å². The van der Waals surface area contributed by atoms with Gasteiger partial charge < -0.3 is 0 Å². The highest BCUT2D eigenvalue weighted by molar-refractivity contribution is 7.97. The first-order chi connectivity index (χ1) is 6.33. The third-order valence-corrected chi connectivity index (χ3v) is 2.44. The van der Waals surface area contributed by atoms with Gasteiger partial charge in [-0.05, 0) is 17.5 Å². The monoisotopic (exact) mass is 195 g/mol. The van der Waals surface area contributed by atoms with Crippen LogP contribution in [0, 0.1) is 0 Å². The minimum Gasteiger partial charge on any atom is -0.300 e. The molecule has 0 aromatic heterocycles. The van der Waals surface area contributed by atoms with Crippen molar-refractivity contribution in [2.24, 2.45) is 0 Å². The second kappa shape index (κ2) is 5.65. The quantitative estimate of drug-likeness (QED) is 0.747. The van der Waals surface area contributed by atoms with Crippen molar-refractivity contribution in [3.63, 3.8) is 0 Å². The van der Waals surface area contributed by atoms with E-state index in [2.05, 4.69) is 4.72 Å². The van der Waals surface area contributed by atoms with Gasteiger partial charge in [0.15, 0.2) is 0 Å². The van der Waals surface area contributed by atoms with Crippen LogP contribution in [0.15, 0.2) is 30.3 Å². The van der Waals surface area contributed by atoms with Gasteiger partial charge in [0.2, 0.25) is 5.91 Å². The average Bonchev–Trinajstić information content (AvgIpc) is 2.19. The van der Waals surface area contributed by atoms with Crippen molar-refractivity contribution in [3.05, 3.63) is 35.9 Å². The summed E-state index contributed by atoms with van der Waals surface area (Å²) >= 11 is 1.44. The summed E-state index contributed by atoms with van der Waals surface area (Å²) in [5.41, 5.74) is 1.23. The minimum atomic E-state index is 0.0842. The Bertz CT molecular complexity index is 261. The highest BCUT2D eigenvalue weighted by Crippen LogP contribution is 2.07. The lowest BCUT2D eigenvalue weighted by atomic mass is 10.2. The second-order valence-electron chi connectivity index (χ2n) is 2.65. The fraction of sp³-hybridized carbons (Fsp3) is 0.300. The number of benzene rings is 1. The van der Waals surface area contributed by atoms with Crippen molar-refractivity contribution in [2.75, 3.05) is 0 Å². The van der Waals surface area contributed by atoms with Crippen molar-refractivity contribution >= 4 is 17.9 Å². The van der Waals surface area contributed by atoms with Crippen LogP contribution in [0.3, 0.4) is 0 Å². The van der Waals surface area contributed by atoms with E-state index >= 15 is 0 Å². The minimum absolute atomic E-state index is 0.0842. The maximum Gasteiger partial charge on any atom is 0.229 e. The summed E-state index contributed by atoms with van der Waals surface area (Å²) in [6, 6.07) is 10.1. The van der Waals surface area contributed by atoms with Gasteiger partial charge in [-0.2, -0.15) is 0 Å². The van der Waals surface area contributed by atoms with Crippen molar-refractivity contribution in [2.45, 2.75) is 19.1 Å². The Morgan fingerprint density at radius 1 is 1.38 bits per heavy atom. The van der Waals surface area contributed by atoms with Crippen molar-refractivity contribution in [3.8, 4) is 0 Å². The molecular weight excluding hydrogens is 182 g/mol. The van der Waals surface area contributed by atoms with E-state index in [1.165, 1.54) is 17.5 Å². The lowest BCUT2D eigenvalue weighted by Crippen LogP contribution is -2.13. The predicted molar refractivity (Wildman–Crippen MR) is 56.2 cm³/mol. The number of rotatable bonds is 4. The summed E-state index contributed by atoms with van der Waals surface area (Å²) in [7, 11) is 0. The maximum atomic E-state index is 10.9. The van der Waals surface area contributed by atoms with Crippen molar-refractivity contribution < 1.29 is 4.79 Å². The van der Waals surface area contributed by atoms with E-state index < -0.39 is 0 Å². The van der Waals surface area contributed by atoms with Crippen LogP contribution in [0.2, 0.25) is 0 Å². The van der Waals surface area contributed by atoms with E-state index in [-0.39, 0.29) is 5.91 Å². The average molecular weight is 195 g/mol. The Labute approximate surface area is 82.9 Å². The molecule has 1 aromatic rings. The molecule has 3 heteroatoms. The summed E-state index contributed by atoms with van der Waals surface area (Å²) < 4.78 is 2.76. The Morgan fingerprint density at radius 3 is 2.69 bits per heavy atom. The summed E-state index contributed by atoms with van der Waals surface area (Å²) in [5.74, 6) is 0.910. The van der Waals surface area contributed by atoms with Crippen LogP contribution in [0.1, 0.15) is 18.9 Å². The van der Waals surface area contributed by atoms with Crippen LogP contribution in [-0.2, 0) is 10.5 Å². The largest absolute Gasteiger partial charge is 0.300 e. The highest BCUT2D eigenvalue weighted by atomic mass is 32.2. The SMILES string of the molecule is CCC(=O)NSCc1ccccc1. The number of hydrogen-bond donors (Lipinski definition) is 1. The van der Waals surface area contributed by atoms with Crippen LogP contribution >= 0.6 is 11.9 Å². The smallest absolute Gasteiger partial charge is 0.229 e. The molecule has 0 radical (unpaired) electrons. The van der Waals surface area contributed by atoms with Gasteiger partial charge in [-0.1, -0.05) is 37.3 Å². The molecule has 0 bridgehead atoms. The molecule has 70 valence electrons. The standard InChI is InChI=1S/C10H13NOS/c1-2-10(12)11-13-8-9-6-4-3-5-7-9/h3-7H,2,8H2,1H3,(H,11,12). The molecule has 0 heterocycles. The Morgan fingerprint density at radius 2 is 2.08 bits per heavy atom. The molecule has 0 aliphatic rings. The number of amides is 1. The van der Waals surface area contributed by atoms with Crippen LogP contribution < -0.4 is 4.72 Å². The third kappa shape index (κ3) is 3.99. The highest BCUT2D eigenvalue weighted by Gasteiger charge is 1.96. The molecule has 0 aliphatic carbocycles. The van der Waals surface area contributed by atoms with Gasteiger partial charge in [-0.25, -0.2) is 0 Å². The topological polar surface area (TPSA) is 29.1 Å². The van der Waals surface area contributed by atoms with Crippen molar-refractivity contribution in [1.29, 1.82) is 0 Å². The summed E-state index contributed by atoms with van der Waals surface area (Å²) in [5, 5.41) is 0. The van der Waals surface area contributed by atoms with E-state index in [9.17, 15) is 4.79 Å². The zero-order valence-electron chi connectivity index (χ0n) is 7.62. The van der Waals surface area contributed by atoms with E-state index in [1.54, 1.807) is 0 Å². The number of nitrogens with one attached hydrogen (secondary N) is 1. The van der Waals surface area contributed by atoms with Crippen LogP contribution in [0.25, 0.3) is 0 Å². The fourth-order valence-corrected chi connectivity index (χ4v) is 1.58. The fourth-order valence-electron chi connectivity index (χ4n) is 0.846. The first-order valence-corrected chi connectivity index (χ1v) is 5.26. The number of carbonyl (C=O) groups excluding carboxylic acids is 1. The Kier molecular flexibility index (Phi) is 4.40. The maximum absolute atomic E-state index is 10.9. The number of carbonyl (C=O) groups is 1. The summed E-state index contributed by atoms with van der Waals surface area (Å²) in [4.78, 5) is 10.9. The molecule has 2 nitrogen and oxygen atoms in total. The van der Waals surface area contributed by atoms with Gasteiger partial charge in [0.05, 0.1) is 0 Å². The van der Waals surface area contributed by atoms with Crippen molar-refractivity contribution in [1.82, 2.24) is 4.72 Å². The molecule has 0 atom stereocenters. The number of hydrogen-bond acceptors (Lipinski definition) is 2. The molecule has 0 unspecified atom stereocenters. The lowest BCUT2D eigenvalue weighted by molar-refractivity contribution is -0.118. The van der Waals surface area contributed by atoms with Crippen LogP contribution in [-0.4, -0.2) is 5.91 Å². The predicted octanol–water partition coefficient (Wildman–Crippen LogP) is 2.36. The Hall–Kier alpha value is -0.960. The molecule has 0 saturated carbocycles. The molecule has 0 aliphatic heterocycles. The molecular formula is C10H13NOS. The Balaban J connectivity index is 2.24. The molecule has 1 N–H and O–H groups in total. The van der Waals surface area contributed by atoms with E-state index in [4.69, 9.17) is 0 Å². The molecule has 1 rings (SSSR count). The van der Waals surface area contributed by atoms with Crippen LogP contribution in [0.4, 0.5) is 0 Å². The molecule has 1 amide bonds. The lowest BCUT2D eigenvalue weighted by Gasteiger charge is -2.01. The summed E-state index contributed by atoms with van der Waals surface area (Å²) in [6.07, 6.45) is 0.543. The molecule has 1 aromatic carbocycles. The zero-order chi connectivity index (χ0) is 9.52. The van der Waals surface area contributed by atoms with Gasteiger partial charge in [-0.3, -0.25) is 9.52 Å². The molecule has 13 heavy (non-hydrogen) atoms. The van der Waals surface area contributed by atoms with Gasteiger partial charge in [0.1, 0.15) is 0 Å². The van der Waals surface area contributed by atoms with Gasteiger partial charge >= 0.3 is 0 Å². The molecule has 0 saturated heterocycles. The second-order valence-corrected chi connectivity index (χ2v) is 3.43.